The Bertz CT molecular complexity index is 364. The minimum atomic E-state index is -4.35. The number of hydrogen-bond donors (Lipinski definition) is 1. The molecule has 0 saturated heterocycles. The van der Waals surface area contributed by atoms with E-state index < -0.39 is 25.1 Å². The van der Waals surface area contributed by atoms with Gasteiger partial charge in [-0.15, -0.1) is 0 Å². The zero-order valence-corrected chi connectivity index (χ0v) is 8.55. The van der Waals surface area contributed by atoms with Crippen LogP contribution < -0.4 is 4.90 Å². The summed E-state index contributed by atoms with van der Waals surface area (Å²) in [6, 6.07) is 3.38. The van der Waals surface area contributed by atoms with Crippen molar-refractivity contribution in [3.63, 3.8) is 0 Å². The van der Waals surface area contributed by atoms with Gasteiger partial charge in [0.25, 0.3) is 0 Å². The largest absolute Gasteiger partial charge is 0.405 e. The molecular formula is C10H11F4NO. The van der Waals surface area contributed by atoms with Crippen LogP contribution in [0.1, 0.15) is 5.56 Å². The minimum Gasteiger partial charge on any atom is -0.392 e. The smallest absolute Gasteiger partial charge is 0.392 e. The Morgan fingerprint density at radius 3 is 2.38 bits per heavy atom. The monoisotopic (exact) mass is 237 g/mol. The molecule has 0 aliphatic carbocycles. The lowest BCUT2D eigenvalue weighted by Crippen LogP contribution is -2.30. The molecule has 90 valence electrons. The van der Waals surface area contributed by atoms with E-state index in [2.05, 4.69) is 0 Å². The predicted octanol–water partition coefficient (Wildman–Crippen LogP) is 2.32. The Morgan fingerprint density at radius 2 is 1.88 bits per heavy atom. The van der Waals surface area contributed by atoms with Crippen LogP contribution in [-0.2, 0) is 6.61 Å². The van der Waals surface area contributed by atoms with Gasteiger partial charge in [-0.1, -0.05) is 0 Å². The third-order valence-electron chi connectivity index (χ3n) is 1.98. The highest BCUT2D eigenvalue weighted by Crippen LogP contribution is 2.22. The number of alkyl halides is 3. The van der Waals surface area contributed by atoms with Gasteiger partial charge in [0.1, 0.15) is 12.4 Å². The zero-order chi connectivity index (χ0) is 12.3. The molecule has 0 atom stereocenters. The van der Waals surface area contributed by atoms with Crippen LogP contribution >= 0.6 is 0 Å². The SMILES string of the molecule is CN(CC(F)(F)F)c1cc(F)cc(CO)c1. The second-order valence-corrected chi connectivity index (χ2v) is 3.45. The van der Waals surface area contributed by atoms with Crippen molar-refractivity contribution in [1.82, 2.24) is 0 Å². The molecular weight excluding hydrogens is 226 g/mol. The maximum absolute atomic E-state index is 13.0. The van der Waals surface area contributed by atoms with Crippen LogP contribution in [0.2, 0.25) is 0 Å². The van der Waals surface area contributed by atoms with Crippen molar-refractivity contribution in [2.75, 3.05) is 18.5 Å². The first-order chi connectivity index (χ1) is 7.31. The number of benzene rings is 1. The summed E-state index contributed by atoms with van der Waals surface area (Å²) in [4.78, 5) is 0.877. The fraction of sp³-hybridized carbons (Fsp3) is 0.400. The van der Waals surface area contributed by atoms with E-state index in [9.17, 15) is 17.6 Å². The standard InChI is InChI=1S/C10H11F4NO/c1-15(6-10(12,13)14)9-3-7(5-16)2-8(11)4-9/h2-4,16H,5-6H2,1H3. The summed E-state index contributed by atoms with van der Waals surface area (Å²) in [5, 5.41) is 8.79. The number of aliphatic hydroxyl groups excluding tert-OH is 1. The molecule has 0 spiro atoms. The topological polar surface area (TPSA) is 23.5 Å². The van der Waals surface area contributed by atoms with Crippen LogP contribution in [0.15, 0.2) is 18.2 Å². The number of hydrogen-bond acceptors (Lipinski definition) is 2. The van der Waals surface area contributed by atoms with E-state index in [4.69, 9.17) is 5.11 Å². The van der Waals surface area contributed by atoms with E-state index in [0.717, 1.165) is 17.0 Å². The Labute approximate surface area is 90.1 Å². The van der Waals surface area contributed by atoms with Gasteiger partial charge in [-0.05, 0) is 23.8 Å². The van der Waals surface area contributed by atoms with Crippen LogP contribution in [-0.4, -0.2) is 24.9 Å². The number of anilines is 1. The van der Waals surface area contributed by atoms with Gasteiger partial charge in [0.2, 0.25) is 0 Å². The Morgan fingerprint density at radius 1 is 1.25 bits per heavy atom. The summed E-state index contributed by atoms with van der Waals surface area (Å²) in [5.74, 6) is -0.671. The summed E-state index contributed by atoms with van der Waals surface area (Å²) in [6.45, 7) is -1.58. The van der Waals surface area contributed by atoms with Gasteiger partial charge in [0.15, 0.2) is 0 Å². The second kappa shape index (κ2) is 4.69. The van der Waals surface area contributed by atoms with Crippen LogP contribution in [0.5, 0.6) is 0 Å². The summed E-state index contributed by atoms with van der Waals surface area (Å²) in [5.41, 5.74) is 0.324. The molecule has 6 heteroatoms. The number of rotatable bonds is 3. The molecule has 0 amide bonds. The Balaban J connectivity index is 2.90. The fourth-order valence-corrected chi connectivity index (χ4v) is 1.31. The third-order valence-corrected chi connectivity index (χ3v) is 1.98. The molecule has 1 rings (SSSR count). The minimum absolute atomic E-state index is 0.0846. The highest BCUT2D eigenvalue weighted by atomic mass is 19.4. The van der Waals surface area contributed by atoms with Gasteiger partial charge in [-0.2, -0.15) is 13.2 Å². The van der Waals surface area contributed by atoms with E-state index in [1.54, 1.807) is 0 Å². The van der Waals surface area contributed by atoms with E-state index in [-0.39, 0.29) is 11.3 Å². The van der Waals surface area contributed by atoms with Crippen molar-refractivity contribution < 1.29 is 22.7 Å². The molecule has 0 fully saturated rings. The van der Waals surface area contributed by atoms with Gasteiger partial charge in [0, 0.05) is 12.7 Å². The molecule has 0 aliphatic heterocycles. The van der Waals surface area contributed by atoms with E-state index >= 15 is 0 Å². The summed E-state index contributed by atoms with van der Waals surface area (Å²) in [7, 11) is 1.21. The quantitative estimate of drug-likeness (QED) is 0.815. The van der Waals surface area contributed by atoms with Crippen molar-refractivity contribution >= 4 is 5.69 Å². The maximum atomic E-state index is 13.0. The number of halogens is 4. The van der Waals surface area contributed by atoms with Crippen molar-refractivity contribution in [1.29, 1.82) is 0 Å². The maximum Gasteiger partial charge on any atom is 0.405 e. The first-order valence-electron chi connectivity index (χ1n) is 4.50. The van der Waals surface area contributed by atoms with Gasteiger partial charge in [-0.3, -0.25) is 0 Å². The first kappa shape index (κ1) is 12.8. The van der Waals surface area contributed by atoms with E-state index in [1.165, 1.54) is 13.1 Å². The third kappa shape index (κ3) is 3.69. The van der Waals surface area contributed by atoms with E-state index in [1.807, 2.05) is 0 Å². The highest BCUT2D eigenvalue weighted by Gasteiger charge is 2.29. The molecule has 1 aromatic carbocycles. The lowest BCUT2D eigenvalue weighted by molar-refractivity contribution is -0.119. The molecule has 16 heavy (non-hydrogen) atoms. The number of aliphatic hydroxyl groups is 1. The molecule has 1 N–H and O–H groups in total. The highest BCUT2D eigenvalue weighted by molar-refractivity contribution is 5.48. The molecule has 0 saturated carbocycles. The van der Waals surface area contributed by atoms with E-state index in [0.29, 0.717) is 0 Å². The average Bonchev–Trinajstić information content (AvgIpc) is 2.14. The van der Waals surface area contributed by atoms with Crippen molar-refractivity contribution in [3.8, 4) is 0 Å². The van der Waals surface area contributed by atoms with Gasteiger partial charge < -0.3 is 10.0 Å². The summed E-state index contributed by atoms with van der Waals surface area (Å²) >= 11 is 0. The molecule has 0 heterocycles. The summed E-state index contributed by atoms with van der Waals surface area (Å²) < 4.78 is 49.3. The molecule has 0 unspecified atom stereocenters. The Kier molecular flexibility index (Phi) is 3.74. The van der Waals surface area contributed by atoms with Crippen molar-refractivity contribution in [2.24, 2.45) is 0 Å². The second-order valence-electron chi connectivity index (χ2n) is 3.45. The summed E-state index contributed by atoms with van der Waals surface area (Å²) in [6.07, 6.45) is -4.35. The lowest BCUT2D eigenvalue weighted by Gasteiger charge is -2.21. The molecule has 2 nitrogen and oxygen atoms in total. The Hall–Kier alpha value is -1.30. The van der Waals surface area contributed by atoms with Crippen molar-refractivity contribution in [2.45, 2.75) is 12.8 Å². The zero-order valence-electron chi connectivity index (χ0n) is 8.55. The van der Waals surface area contributed by atoms with Crippen LogP contribution in [0.3, 0.4) is 0 Å². The fourth-order valence-electron chi connectivity index (χ4n) is 1.31. The molecule has 0 aromatic heterocycles. The predicted molar refractivity (Wildman–Crippen MR) is 51.6 cm³/mol. The van der Waals surface area contributed by atoms with Crippen LogP contribution in [0.4, 0.5) is 23.2 Å². The van der Waals surface area contributed by atoms with Gasteiger partial charge in [0.05, 0.1) is 6.61 Å². The van der Waals surface area contributed by atoms with Crippen molar-refractivity contribution in [3.05, 3.63) is 29.6 Å². The molecule has 1 aromatic rings. The first-order valence-corrected chi connectivity index (χ1v) is 4.50. The molecule has 0 aliphatic rings. The van der Waals surface area contributed by atoms with Gasteiger partial charge >= 0.3 is 6.18 Å². The van der Waals surface area contributed by atoms with Crippen LogP contribution in [0.25, 0.3) is 0 Å². The average molecular weight is 237 g/mol. The van der Waals surface area contributed by atoms with Crippen LogP contribution in [0, 0.1) is 5.82 Å². The lowest BCUT2D eigenvalue weighted by atomic mass is 10.2. The number of nitrogens with zero attached hydrogens (tertiary/aromatic N) is 1. The molecule has 0 bridgehead atoms. The van der Waals surface area contributed by atoms with Gasteiger partial charge in [-0.25, -0.2) is 4.39 Å². The molecule has 0 radical (unpaired) electrons. The normalized spacial score (nSPS) is 11.6.